The van der Waals surface area contributed by atoms with Gasteiger partial charge in [0.25, 0.3) is 0 Å². The Morgan fingerprint density at radius 2 is 1.41 bits per heavy atom. The molecule has 1 aliphatic heterocycles. The molecule has 0 spiro atoms. The zero-order valence-electron chi connectivity index (χ0n) is 22.5. The van der Waals surface area contributed by atoms with Gasteiger partial charge in [-0.3, -0.25) is 0 Å². The maximum absolute atomic E-state index is 5.99. The van der Waals surface area contributed by atoms with Gasteiger partial charge in [0.15, 0.2) is 6.20 Å². The molecule has 0 aliphatic carbocycles. The third kappa shape index (κ3) is 16.3. The van der Waals surface area contributed by atoms with E-state index in [1.165, 1.54) is 128 Å². The lowest BCUT2D eigenvalue weighted by Gasteiger charge is -2.10. The summed E-state index contributed by atoms with van der Waals surface area (Å²) in [5.74, 6) is 0.778. The molecule has 2 rings (SSSR count). The van der Waals surface area contributed by atoms with Crippen LogP contribution in [0.1, 0.15) is 135 Å². The fourth-order valence-corrected chi connectivity index (χ4v) is 5.81. The van der Waals surface area contributed by atoms with Gasteiger partial charge in [-0.15, -0.1) is 0 Å². The van der Waals surface area contributed by atoms with Gasteiger partial charge in [0, 0.05) is 19.6 Å². The van der Waals surface area contributed by atoms with Crippen molar-refractivity contribution >= 4 is 11.3 Å². The molecule has 1 fully saturated rings. The number of rotatable bonds is 24. The highest BCUT2D eigenvalue weighted by Crippen LogP contribution is 2.25. The Bertz CT molecular complexity index is 536. The fraction of sp³-hybridized carbons (Fsp3) is 0.900. The molecule has 0 N–H and O–H groups in total. The minimum Gasteiger partial charge on any atom is -0.379 e. The molecular weight excluding hydrogens is 438 g/mol. The van der Waals surface area contributed by atoms with Gasteiger partial charge in [0.2, 0.25) is 5.51 Å². The summed E-state index contributed by atoms with van der Waals surface area (Å²) in [7, 11) is 0. The number of hydrogen-bond donors (Lipinski definition) is 0. The molecule has 2 atom stereocenters. The molecule has 198 valence electrons. The first kappa shape index (κ1) is 29.8. The first-order valence-corrected chi connectivity index (χ1v) is 15.9. The topological polar surface area (TPSA) is 22.3 Å². The lowest BCUT2D eigenvalue weighted by atomic mass is 9.97. The summed E-state index contributed by atoms with van der Waals surface area (Å²) in [5, 5.41) is 2.14. The van der Waals surface area contributed by atoms with Gasteiger partial charge in [0.05, 0.1) is 18.1 Å². The molecule has 1 aliphatic rings. The summed E-state index contributed by atoms with van der Waals surface area (Å²) in [6.45, 7) is 6.12. The highest BCUT2D eigenvalue weighted by molar-refractivity contribution is 7.07. The van der Waals surface area contributed by atoms with Crippen LogP contribution in [0.4, 0.5) is 0 Å². The van der Waals surface area contributed by atoms with Crippen LogP contribution in [-0.2, 0) is 16.0 Å². The van der Waals surface area contributed by atoms with E-state index in [-0.39, 0.29) is 0 Å². The van der Waals surface area contributed by atoms with E-state index in [9.17, 15) is 0 Å². The van der Waals surface area contributed by atoms with Crippen molar-refractivity contribution in [3.8, 4) is 0 Å². The number of unbranched alkanes of at least 4 members (excludes halogenated alkanes) is 16. The van der Waals surface area contributed by atoms with Gasteiger partial charge in [0.1, 0.15) is 6.54 Å². The second kappa shape index (κ2) is 21.8. The van der Waals surface area contributed by atoms with Gasteiger partial charge >= 0.3 is 0 Å². The van der Waals surface area contributed by atoms with Gasteiger partial charge in [-0.25, -0.2) is 0 Å². The second-order valence-corrected chi connectivity index (χ2v) is 11.5. The Hall–Kier alpha value is -0.450. The summed E-state index contributed by atoms with van der Waals surface area (Å²) < 4.78 is 14.2. The molecule has 1 saturated heterocycles. The number of nitrogens with zero attached hydrogens (tertiary/aromatic N) is 1. The Kier molecular flexibility index (Phi) is 19.1. The SMILES string of the molecule is CCCCCCCCCCCCCCCC[C@@H]1CO[C@@H](COCCCCCC[n+]2ccsc2)C1. The molecule has 1 aromatic heterocycles. The molecule has 0 bridgehead atoms. The molecule has 0 radical (unpaired) electrons. The van der Waals surface area contributed by atoms with Crippen LogP contribution < -0.4 is 4.57 Å². The van der Waals surface area contributed by atoms with Gasteiger partial charge < -0.3 is 9.47 Å². The number of thiazole rings is 1. The van der Waals surface area contributed by atoms with Crippen LogP contribution in [0, 0.1) is 5.92 Å². The van der Waals surface area contributed by atoms with Crippen LogP contribution >= 0.6 is 11.3 Å². The quantitative estimate of drug-likeness (QED) is 0.106. The predicted octanol–water partition coefficient (Wildman–Crippen LogP) is 8.89. The fourth-order valence-electron chi connectivity index (χ4n) is 5.18. The monoisotopic (exact) mass is 494 g/mol. The van der Waals surface area contributed by atoms with Gasteiger partial charge in [-0.05, 0) is 31.6 Å². The van der Waals surface area contributed by atoms with Crippen LogP contribution in [0.5, 0.6) is 0 Å². The molecule has 34 heavy (non-hydrogen) atoms. The Balaban J connectivity index is 1.26. The zero-order valence-corrected chi connectivity index (χ0v) is 23.3. The van der Waals surface area contributed by atoms with E-state index >= 15 is 0 Å². The Morgan fingerprint density at radius 1 is 0.794 bits per heavy atom. The van der Waals surface area contributed by atoms with Crippen LogP contribution in [0.25, 0.3) is 0 Å². The summed E-state index contributed by atoms with van der Waals surface area (Å²) in [6.07, 6.45) is 30.3. The van der Waals surface area contributed by atoms with Crippen molar-refractivity contribution in [2.75, 3.05) is 19.8 Å². The first-order valence-electron chi connectivity index (χ1n) is 15.0. The van der Waals surface area contributed by atoms with Crippen LogP contribution in [-0.4, -0.2) is 25.9 Å². The van der Waals surface area contributed by atoms with Gasteiger partial charge in [-0.2, -0.15) is 4.57 Å². The Morgan fingerprint density at radius 3 is 2.06 bits per heavy atom. The van der Waals surface area contributed by atoms with Crippen molar-refractivity contribution in [3.63, 3.8) is 0 Å². The maximum Gasteiger partial charge on any atom is 0.224 e. The summed E-state index contributed by atoms with van der Waals surface area (Å²) in [4.78, 5) is 0. The van der Waals surface area contributed by atoms with E-state index in [1.807, 2.05) is 0 Å². The maximum atomic E-state index is 5.99. The van der Waals surface area contributed by atoms with E-state index in [0.29, 0.717) is 6.10 Å². The molecule has 0 saturated carbocycles. The number of aryl methyl sites for hydroxylation is 1. The summed E-state index contributed by atoms with van der Waals surface area (Å²) in [6, 6.07) is 0. The molecule has 1 aromatic rings. The van der Waals surface area contributed by atoms with Crippen molar-refractivity contribution < 1.29 is 14.0 Å². The Labute approximate surface area is 216 Å². The van der Waals surface area contributed by atoms with Crippen molar-refractivity contribution in [2.24, 2.45) is 5.92 Å². The minimum absolute atomic E-state index is 0.353. The number of aromatic nitrogens is 1. The zero-order chi connectivity index (χ0) is 23.9. The van der Waals surface area contributed by atoms with E-state index < -0.39 is 0 Å². The average molecular weight is 495 g/mol. The lowest BCUT2D eigenvalue weighted by molar-refractivity contribution is -0.692. The molecule has 3 nitrogen and oxygen atoms in total. The smallest absolute Gasteiger partial charge is 0.224 e. The van der Waals surface area contributed by atoms with Crippen molar-refractivity contribution in [1.82, 2.24) is 0 Å². The molecule has 4 heteroatoms. The highest BCUT2D eigenvalue weighted by atomic mass is 32.1. The minimum atomic E-state index is 0.353. The van der Waals surface area contributed by atoms with E-state index in [2.05, 4.69) is 28.6 Å². The van der Waals surface area contributed by atoms with Gasteiger partial charge in [-0.1, -0.05) is 115 Å². The van der Waals surface area contributed by atoms with Crippen molar-refractivity contribution in [3.05, 3.63) is 17.1 Å². The molecular formula is C30H56NO2S+. The second-order valence-electron chi connectivity index (χ2n) is 10.7. The van der Waals surface area contributed by atoms with E-state index in [1.54, 1.807) is 11.3 Å². The van der Waals surface area contributed by atoms with Crippen molar-refractivity contribution in [1.29, 1.82) is 0 Å². The predicted molar refractivity (Wildman–Crippen MR) is 147 cm³/mol. The lowest BCUT2D eigenvalue weighted by Crippen LogP contribution is -2.29. The van der Waals surface area contributed by atoms with E-state index in [0.717, 1.165) is 32.3 Å². The molecule has 2 heterocycles. The van der Waals surface area contributed by atoms with Crippen molar-refractivity contribution in [2.45, 2.75) is 148 Å². The molecule has 0 unspecified atom stereocenters. The van der Waals surface area contributed by atoms with Crippen LogP contribution in [0.15, 0.2) is 17.1 Å². The standard InChI is InChI=1S/C30H56NO2S/c1-2-3-4-5-6-7-8-9-10-11-12-13-14-17-20-29-25-30(33-26-29)27-32-23-19-16-15-18-21-31-22-24-34-28-31/h22,24,28-30H,2-21,23,25-27H2,1H3/q+1/t29-,30+/m0/s1. The van der Waals surface area contributed by atoms with Crippen LogP contribution in [0.3, 0.4) is 0 Å². The number of ether oxygens (including phenoxy) is 2. The third-order valence-electron chi connectivity index (χ3n) is 7.42. The molecule has 0 aromatic carbocycles. The highest BCUT2D eigenvalue weighted by Gasteiger charge is 2.24. The number of hydrogen-bond acceptors (Lipinski definition) is 3. The normalized spacial score (nSPS) is 18.1. The summed E-state index contributed by atoms with van der Waals surface area (Å²) in [5.41, 5.74) is 2.19. The van der Waals surface area contributed by atoms with Crippen LogP contribution in [0.2, 0.25) is 0 Å². The third-order valence-corrected chi connectivity index (χ3v) is 8.09. The molecule has 0 amide bonds. The summed E-state index contributed by atoms with van der Waals surface area (Å²) >= 11 is 1.77. The largest absolute Gasteiger partial charge is 0.379 e. The van der Waals surface area contributed by atoms with E-state index in [4.69, 9.17) is 9.47 Å². The average Bonchev–Trinajstić information content (AvgIpc) is 3.53. The first-order chi connectivity index (χ1) is 16.9.